The summed E-state index contributed by atoms with van der Waals surface area (Å²) >= 11 is 5.85. The van der Waals surface area contributed by atoms with Crippen molar-refractivity contribution in [2.24, 2.45) is 0 Å². The Hall–Kier alpha value is -1.75. The first-order valence-corrected chi connectivity index (χ1v) is 5.76. The molecule has 0 saturated carbocycles. The molecule has 0 aliphatic heterocycles. The van der Waals surface area contributed by atoms with Gasteiger partial charge in [-0.1, -0.05) is 11.6 Å². The van der Waals surface area contributed by atoms with E-state index in [1.54, 1.807) is 18.2 Å². The molecule has 5 nitrogen and oxygen atoms in total. The van der Waals surface area contributed by atoms with Crippen LogP contribution in [0.25, 0.3) is 0 Å². The largest absolute Gasteiger partial charge is 0.495 e. The molecule has 0 aliphatic carbocycles. The highest BCUT2D eigenvalue weighted by molar-refractivity contribution is 6.32. The number of carboxylic acids is 1. The Kier molecular flexibility index (Phi) is 5.45. The molecule has 18 heavy (non-hydrogen) atoms. The number of rotatable bonds is 6. The van der Waals surface area contributed by atoms with Gasteiger partial charge < -0.3 is 15.2 Å². The normalized spacial score (nSPS) is 9.89. The summed E-state index contributed by atoms with van der Waals surface area (Å²) in [6.45, 7) is 0. The van der Waals surface area contributed by atoms with Crippen molar-refractivity contribution in [1.29, 1.82) is 0 Å². The number of halogens is 1. The van der Waals surface area contributed by atoms with Gasteiger partial charge in [0, 0.05) is 24.6 Å². The van der Waals surface area contributed by atoms with Gasteiger partial charge in [-0.05, 0) is 18.6 Å². The molecule has 0 bridgehead atoms. The molecular formula is C12H14ClNO4. The van der Waals surface area contributed by atoms with Crippen LogP contribution < -0.4 is 10.1 Å². The number of anilines is 1. The highest BCUT2D eigenvalue weighted by Gasteiger charge is 2.06. The van der Waals surface area contributed by atoms with Crippen molar-refractivity contribution < 1.29 is 19.4 Å². The molecular weight excluding hydrogens is 258 g/mol. The van der Waals surface area contributed by atoms with Gasteiger partial charge in [-0.3, -0.25) is 9.59 Å². The smallest absolute Gasteiger partial charge is 0.303 e. The van der Waals surface area contributed by atoms with Crippen LogP contribution in [-0.4, -0.2) is 24.1 Å². The van der Waals surface area contributed by atoms with Crippen LogP contribution in [0.5, 0.6) is 5.75 Å². The fourth-order valence-electron chi connectivity index (χ4n) is 1.36. The van der Waals surface area contributed by atoms with Crippen LogP contribution in [0.4, 0.5) is 5.69 Å². The zero-order chi connectivity index (χ0) is 13.5. The summed E-state index contributed by atoms with van der Waals surface area (Å²) in [5.74, 6) is -0.670. The van der Waals surface area contributed by atoms with Crippen LogP contribution in [0.2, 0.25) is 5.02 Å². The van der Waals surface area contributed by atoms with Crippen molar-refractivity contribution in [3.05, 3.63) is 23.2 Å². The lowest BCUT2D eigenvalue weighted by Crippen LogP contribution is -2.11. The Morgan fingerprint density at radius 3 is 2.72 bits per heavy atom. The Labute approximate surface area is 110 Å². The minimum absolute atomic E-state index is 0.0165. The summed E-state index contributed by atoms with van der Waals surface area (Å²) in [7, 11) is 1.49. The maximum absolute atomic E-state index is 11.5. The fourth-order valence-corrected chi connectivity index (χ4v) is 1.56. The predicted molar refractivity (Wildman–Crippen MR) is 68.1 cm³/mol. The van der Waals surface area contributed by atoms with Gasteiger partial charge in [0.15, 0.2) is 0 Å². The zero-order valence-electron chi connectivity index (χ0n) is 9.90. The van der Waals surface area contributed by atoms with Gasteiger partial charge in [-0.15, -0.1) is 0 Å². The van der Waals surface area contributed by atoms with Crippen LogP contribution in [0.1, 0.15) is 19.3 Å². The number of nitrogens with one attached hydrogen (secondary N) is 1. The van der Waals surface area contributed by atoms with Crippen molar-refractivity contribution >= 4 is 29.2 Å². The number of benzene rings is 1. The molecule has 1 rings (SSSR count). The number of carbonyl (C=O) groups excluding carboxylic acids is 1. The number of hydrogen-bond donors (Lipinski definition) is 2. The Balaban J connectivity index is 2.51. The third kappa shape index (κ3) is 4.63. The summed E-state index contributed by atoms with van der Waals surface area (Å²) in [6, 6.07) is 4.88. The van der Waals surface area contributed by atoms with E-state index in [0.717, 1.165) is 0 Å². The molecule has 2 N–H and O–H groups in total. The van der Waals surface area contributed by atoms with E-state index in [2.05, 4.69) is 5.32 Å². The Bertz CT molecular complexity index is 448. The maximum Gasteiger partial charge on any atom is 0.303 e. The lowest BCUT2D eigenvalue weighted by Gasteiger charge is -2.08. The molecule has 1 amide bonds. The number of carboxylic acid groups (broad SMARTS) is 1. The van der Waals surface area contributed by atoms with Crippen LogP contribution in [0.3, 0.4) is 0 Å². The minimum Gasteiger partial charge on any atom is -0.495 e. The van der Waals surface area contributed by atoms with E-state index in [1.807, 2.05) is 0 Å². The van der Waals surface area contributed by atoms with E-state index in [-0.39, 0.29) is 18.7 Å². The summed E-state index contributed by atoms with van der Waals surface area (Å²) in [4.78, 5) is 21.8. The van der Waals surface area contributed by atoms with Gasteiger partial charge >= 0.3 is 5.97 Å². The molecule has 1 aromatic carbocycles. The number of methoxy groups -OCH3 is 1. The van der Waals surface area contributed by atoms with E-state index in [1.165, 1.54) is 7.11 Å². The molecule has 0 aliphatic rings. The number of carbonyl (C=O) groups is 2. The van der Waals surface area contributed by atoms with Crippen molar-refractivity contribution in [3.63, 3.8) is 0 Å². The van der Waals surface area contributed by atoms with E-state index >= 15 is 0 Å². The van der Waals surface area contributed by atoms with E-state index < -0.39 is 5.97 Å². The van der Waals surface area contributed by atoms with Crippen LogP contribution >= 0.6 is 11.6 Å². The molecule has 1 aromatic rings. The third-order valence-corrected chi connectivity index (χ3v) is 2.54. The predicted octanol–water partition coefficient (Wildman–Crippen LogP) is 2.54. The first-order chi connectivity index (χ1) is 8.52. The summed E-state index contributed by atoms with van der Waals surface area (Å²) < 4.78 is 5.02. The number of amides is 1. The Morgan fingerprint density at radius 2 is 2.11 bits per heavy atom. The van der Waals surface area contributed by atoms with E-state index in [9.17, 15) is 9.59 Å². The van der Waals surface area contributed by atoms with Gasteiger partial charge in [0.2, 0.25) is 5.91 Å². The molecule has 0 aromatic heterocycles. The van der Waals surface area contributed by atoms with Gasteiger partial charge in [-0.2, -0.15) is 0 Å². The average molecular weight is 272 g/mol. The van der Waals surface area contributed by atoms with Gasteiger partial charge in [0.1, 0.15) is 5.75 Å². The van der Waals surface area contributed by atoms with Crippen molar-refractivity contribution in [2.75, 3.05) is 12.4 Å². The van der Waals surface area contributed by atoms with Crippen molar-refractivity contribution in [2.45, 2.75) is 19.3 Å². The van der Waals surface area contributed by atoms with Gasteiger partial charge in [0.25, 0.3) is 0 Å². The highest BCUT2D eigenvalue weighted by Crippen LogP contribution is 2.27. The molecule has 0 fully saturated rings. The molecule has 0 saturated heterocycles. The third-order valence-electron chi connectivity index (χ3n) is 2.23. The molecule has 0 atom stereocenters. The monoisotopic (exact) mass is 271 g/mol. The Morgan fingerprint density at radius 1 is 1.39 bits per heavy atom. The quantitative estimate of drug-likeness (QED) is 0.834. The SMILES string of the molecule is COc1cc(NC(=O)CCCC(=O)O)ccc1Cl. The van der Waals surface area contributed by atoms with Crippen LogP contribution in [-0.2, 0) is 9.59 Å². The first-order valence-electron chi connectivity index (χ1n) is 5.38. The fraction of sp³-hybridized carbons (Fsp3) is 0.333. The topological polar surface area (TPSA) is 75.6 Å². The summed E-state index contributed by atoms with van der Waals surface area (Å²) in [6.07, 6.45) is 0.459. The molecule has 98 valence electrons. The second-order valence-corrected chi connectivity index (χ2v) is 4.05. The maximum atomic E-state index is 11.5. The van der Waals surface area contributed by atoms with Crippen LogP contribution in [0, 0.1) is 0 Å². The van der Waals surface area contributed by atoms with Gasteiger partial charge in [0.05, 0.1) is 12.1 Å². The molecule has 0 heterocycles. The molecule has 0 radical (unpaired) electrons. The second kappa shape index (κ2) is 6.86. The minimum atomic E-state index is -0.907. The highest BCUT2D eigenvalue weighted by atomic mass is 35.5. The van der Waals surface area contributed by atoms with Crippen molar-refractivity contribution in [1.82, 2.24) is 0 Å². The number of hydrogen-bond acceptors (Lipinski definition) is 3. The average Bonchev–Trinajstić information content (AvgIpc) is 2.31. The number of ether oxygens (including phenoxy) is 1. The van der Waals surface area contributed by atoms with Crippen LogP contribution in [0.15, 0.2) is 18.2 Å². The first kappa shape index (κ1) is 14.3. The van der Waals surface area contributed by atoms with E-state index in [4.69, 9.17) is 21.4 Å². The van der Waals surface area contributed by atoms with E-state index in [0.29, 0.717) is 22.9 Å². The molecule has 0 spiro atoms. The standard InChI is InChI=1S/C12H14ClNO4/c1-18-10-7-8(5-6-9(10)13)14-11(15)3-2-4-12(16)17/h5-7H,2-4H2,1H3,(H,14,15)(H,16,17). The second-order valence-electron chi connectivity index (χ2n) is 3.64. The summed E-state index contributed by atoms with van der Waals surface area (Å²) in [5, 5.41) is 11.6. The van der Waals surface area contributed by atoms with Crippen molar-refractivity contribution in [3.8, 4) is 5.75 Å². The lowest BCUT2D eigenvalue weighted by molar-refractivity contribution is -0.137. The zero-order valence-corrected chi connectivity index (χ0v) is 10.7. The molecule has 0 unspecified atom stereocenters. The van der Waals surface area contributed by atoms with Gasteiger partial charge in [-0.25, -0.2) is 0 Å². The lowest BCUT2D eigenvalue weighted by atomic mass is 10.2. The summed E-state index contributed by atoms with van der Waals surface area (Å²) in [5.41, 5.74) is 0.566. The number of aliphatic carboxylic acids is 1. The molecule has 6 heteroatoms.